The third kappa shape index (κ3) is 13.5. The number of ether oxygens (including phenoxy) is 3. The summed E-state index contributed by atoms with van der Waals surface area (Å²) in [6.07, 6.45) is 5.38. The molecule has 0 aromatic rings. The zero-order chi connectivity index (χ0) is 32.0. The molecule has 0 fully saturated rings. The first-order valence-electron chi connectivity index (χ1n) is 14.9. The lowest BCUT2D eigenvalue weighted by Crippen LogP contribution is -2.53. The molecule has 0 radical (unpaired) electrons. The molecular formula is C31H51N3O8. The molecule has 238 valence electrons. The fraction of sp³-hybridized carbons (Fsp3) is 0.710. The fourth-order valence-corrected chi connectivity index (χ4v) is 4.42. The van der Waals surface area contributed by atoms with Crippen LogP contribution in [0, 0.1) is 17.8 Å². The smallest absolute Gasteiger partial charge is 0.460 e. The predicted molar refractivity (Wildman–Crippen MR) is 159 cm³/mol. The van der Waals surface area contributed by atoms with Gasteiger partial charge in [0.25, 0.3) is 0 Å². The number of rotatable bonds is 10. The molecule has 0 saturated heterocycles. The second kappa shape index (κ2) is 17.6. The number of nitrogens with one attached hydrogen (secondary N) is 3. The van der Waals surface area contributed by atoms with E-state index in [1.807, 2.05) is 6.92 Å². The first-order valence-corrected chi connectivity index (χ1v) is 14.9. The summed E-state index contributed by atoms with van der Waals surface area (Å²) in [5, 5.41) is 7.89. The van der Waals surface area contributed by atoms with Crippen molar-refractivity contribution in [2.75, 3.05) is 6.61 Å². The molecule has 11 heteroatoms. The lowest BCUT2D eigenvalue weighted by atomic mass is 9.85. The largest absolute Gasteiger partial charge is 0.508 e. The SMILES string of the molecule is C=C1/C=C/C(=O)N[C@H](C)C(=O)N[C@@H](C(C)C)C(=O)O[C@@H]([C@H](C)CCCCCC)[C@H](CCOC(=O)OC(C)(C)C)C(=O)N1. The average Bonchev–Trinajstić information content (AvgIpc) is 2.87. The summed E-state index contributed by atoms with van der Waals surface area (Å²) in [6.45, 7) is 17.8. The van der Waals surface area contributed by atoms with E-state index >= 15 is 0 Å². The van der Waals surface area contributed by atoms with Gasteiger partial charge in [-0.1, -0.05) is 60.0 Å². The van der Waals surface area contributed by atoms with Crippen LogP contribution in [0.1, 0.15) is 93.9 Å². The van der Waals surface area contributed by atoms with Crippen LogP contribution in [0.25, 0.3) is 0 Å². The summed E-state index contributed by atoms with van der Waals surface area (Å²) in [4.78, 5) is 64.6. The Labute approximate surface area is 250 Å². The first kappa shape index (κ1) is 36.7. The molecule has 1 rings (SSSR count). The fourth-order valence-electron chi connectivity index (χ4n) is 4.42. The minimum atomic E-state index is -1.02. The molecule has 0 spiro atoms. The van der Waals surface area contributed by atoms with Crippen LogP contribution in [-0.4, -0.2) is 60.2 Å². The van der Waals surface area contributed by atoms with Crippen molar-refractivity contribution in [3.8, 4) is 0 Å². The number of esters is 1. The van der Waals surface area contributed by atoms with Crippen molar-refractivity contribution in [1.82, 2.24) is 16.0 Å². The number of carbonyl (C=O) groups excluding carboxylic acids is 5. The van der Waals surface area contributed by atoms with Gasteiger partial charge < -0.3 is 30.2 Å². The summed E-state index contributed by atoms with van der Waals surface area (Å²) >= 11 is 0. The van der Waals surface area contributed by atoms with Crippen molar-refractivity contribution in [2.45, 2.75) is 118 Å². The van der Waals surface area contributed by atoms with Crippen LogP contribution in [0.2, 0.25) is 0 Å². The third-order valence-electron chi connectivity index (χ3n) is 6.79. The van der Waals surface area contributed by atoms with Gasteiger partial charge in [0.2, 0.25) is 17.7 Å². The molecular weight excluding hydrogens is 542 g/mol. The highest BCUT2D eigenvalue weighted by Gasteiger charge is 2.38. The van der Waals surface area contributed by atoms with Crippen molar-refractivity contribution in [3.05, 3.63) is 24.4 Å². The van der Waals surface area contributed by atoms with Crippen LogP contribution in [0.4, 0.5) is 4.79 Å². The maximum Gasteiger partial charge on any atom is 0.508 e. The van der Waals surface area contributed by atoms with Gasteiger partial charge in [-0.25, -0.2) is 9.59 Å². The molecule has 0 saturated carbocycles. The van der Waals surface area contributed by atoms with E-state index in [2.05, 4.69) is 29.5 Å². The Bertz CT molecular complexity index is 985. The first-order chi connectivity index (χ1) is 19.5. The Morgan fingerprint density at radius 3 is 2.29 bits per heavy atom. The summed E-state index contributed by atoms with van der Waals surface area (Å²) in [5.74, 6) is -3.86. The van der Waals surface area contributed by atoms with Crippen molar-refractivity contribution < 1.29 is 38.2 Å². The maximum absolute atomic E-state index is 13.6. The van der Waals surface area contributed by atoms with Crippen LogP contribution in [0.15, 0.2) is 24.4 Å². The van der Waals surface area contributed by atoms with E-state index < -0.39 is 59.6 Å². The molecule has 0 unspecified atom stereocenters. The molecule has 1 aliphatic heterocycles. The van der Waals surface area contributed by atoms with Gasteiger partial charge in [0, 0.05) is 11.8 Å². The zero-order valence-electron chi connectivity index (χ0n) is 26.5. The second-order valence-corrected chi connectivity index (χ2v) is 12.2. The van der Waals surface area contributed by atoms with Crippen molar-refractivity contribution in [2.24, 2.45) is 17.8 Å². The van der Waals surface area contributed by atoms with E-state index in [0.717, 1.165) is 31.8 Å². The number of unbranched alkanes of at least 4 members (excludes halogenated alkanes) is 3. The summed E-state index contributed by atoms with van der Waals surface area (Å²) in [5.41, 5.74) is -0.631. The second-order valence-electron chi connectivity index (χ2n) is 12.2. The number of carbonyl (C=O) groups is 5. The molecule has 3 amide bonds. The van der Waals surface area contributed by atoms with Gasteiger partial charge in [-0.15, -0.1) is 0 Å². The Morgan fingerprint density at radius 1 is 1.02 bits per heavy atom. The quantitative estimate of drug-likeness (QED) is 0.251. The Balaban J connectivity index is 3.45. The molecule has 0 aromatic heterocycles. The van der Waals surface area contributed by atoms with Gasteiger partial charge in [0.05, 0.1) is 12.5 Å². The Hall–Kier alpha value is -3.37. The molecule has 3 N–H and O–H groups in total. The number of hydrogen-bond acceptors (Lipinski definition) is 8. The lowest BCUT2D eigenvalue weighted by molar-refractivity contribution is -0.163. The summed E-state index contributed by atoms with van der Waals surface area (Å²) in [6, 6.07) is -1.96. The Morgan fingerprint density at radius 2 is 1.69 bits per heavy atom. The highest BCUT2D eigenvalue weighted by Crippen LogP contribution is 2.27. The third-order valence-corrected chi connectivity index (χ3v) is 6.79. The van der Waals surface area contributed by atoms with Gasteiger partial charge in [0.1, 0.15) is 23.8 Å². The topological polar surface area (TPSA) is 149 Å². The van der Waals surface area contributed by atoms with Crippen molar-refractivity contribution >= 4 is 29.8 Å². The van der Waals surface area contributed by atoms with Gasteiger partial charge in [-0.2, -0.15) is 0 Å². The molecule has 0 aromatic carbocycles. The van der Waals surface area contributed by atoms with E-state index in [0.29, 0.717) is 6.42 Å². The van der Waals surface area contributed by atoms with Gasteiger partial charge in [-0.3, -0.25) is 14.4 Å². The average molecular weight is 594 g/mol. The van der Waals surface area contributed by atoms with Crippen LogP contribution < -0.4 is 16.0 Å². The maximum atomic E-state index is 13.6. The minimum Gasteiger partial charge on any atom is -0.460 e. The van der Waals surface area contributed by atoms with Crippen LogP contribution in [0.3, 0.4) is 0 Å². The van der Waals surface area contributed by atoms with E-state index in [-0.39, 0.29) is 30.6 Å². The van der Waals surface area contributed by atoms with Crippen molar-refractivity contribution in [3.63, 3.8) is 0 Å². The number of hydrogen-bond donors (Lipinski definition) is 3. The lowest BCUT2D eigenvalue weighted by Gasteiger charge is -2.33. The molecule has 1 heterocycles. The monoisotopic (exact) mass is 593 g/mol. The molecule has 0 aliphatic carbocycles. The number of allylic oxidation sites excluding steroid dienone is 1. The van der Waals surface area contributed by atoms with E-state index in [1.54, 1.807) is 34.6 Å². The highest BCUT2D eigenvalue weighted by atomic mass is 16.7. The summed E-state index contributed by atoms with van der Waals surface area (Å²) in [7, 11) is 0. The van der Waals surface area contributed by atoms with Gasteiger partial charge >= 0.3 is 12.1 Å². The molecule has 11 nitrogen and oxygen atoms in total. The minimum absolute atomic E-state index is 0.0234. The number of amides is 3. The van der Waals surface area contributed by atoms with E-state index in [4.69, 9.17) is 14.2 Å². The van der Waals surface area contributed by atoms with Crippen molar-refractivity contribution in [1.29, 1.82) is 0 Å². The predicted octanol–water partition coefficient (Wildman–Crippen LogP) is 4.31. The molecule has 5 atom stereocenters. The van der Waals surface area contributed by atoms with Crippen LogP contribution in [-0.2, 0) is 33.4 Å². The molecule has 0 bridgehead atoms. The normalized spacial score (nSPS) is 24.4. The molecule has 42 heavy (non-hydrogen) atoms. The van der Waals surface area contributed by atoms with Crippen LogP contribution in [0.5, 0.6) is 0 Å². The molecule has 1 aliphatic rings. The van der Waals surface area contributed by atoms with Gasteiger partial charge in [-0.05, 0) is 58.4 Å². The summed E-state index contributed by atoms with van der Waals surface area (Å²) < 4.78 is 16.5. The Kier molecular flexibility index (Phi) is 15.3. The van der Waals surface area contributed by atoms with E-state index in [9.17, 15) is 24.0 Å². The zero-order valence-corrected chi connectivity index (χ0v) is 26.5. The highest BCUT2D eigenvalue weighted by molar-refractivity contribution is 5.94. The van der Waals surface area contributed by atoms with Crippen LogP contribution >= 0.6 is 0 Å². The number of cyclic esters (lactones) is 1. The van der Waals surface area contributed by atoms with Gasteiger partial charge in [0.15, 0.2) is 0 Å². The van der Waals surface area contributed by atoms with E-state index in [1.165, 1.54) is 13.0 Å². The standard InChI is InChI=1S/C31H51N3O8/c1-10-11-12-13-14-20(4)26-23(17-18-40-30(39)42-31(7,8)9)28(37)32-21(5)15-16-24(35)33-22(6)27(36)34-25(19(2)3)29(38)41-26/h15-16,19-20,22-23,25-26H,5,10-14,17-18H2,1-4,6-9H3,(H,32,37)(H,33,35)(H,34,36)/b16-15+/t20-,22-,23+,25+,26+/m1/s1.